The molecule has 0 aromatic carbocycles. The molecule has 0 unspecified atom stereocenters. The second-order valence-corrected chi connectivity index (χ2v) is 4.60. The van der Waals surface area contributed by atoms with E-state index in [1.54, 1.807) is 17.5 Å². The van der Waals surface area contributed by atoms with Gasteiger partial charge in [0.05, 0.1) is 10.6 Å². The Morgan fingerprint density at radius 2 is 2.25 bits per heavy atom. The number of rotatable bonds is 3. The lowest BCUT2D eigenvalue weighted by Crippen LogP contribution is -2.42. The molecule has 0 saturated heterocycles. The number of amidine groups is 1. The van der Waals surface area contributed by atoms with Crippen molar-refractivity contribution in [3.05, 3.63) is 22.4 Å². The molecule has 1 aromatic rings. The lowest BCUT2D eigenvalue weighted by Gasteiger charge is -2.05. The molecule has 0 spiro atoms. The van der Waals surface area contributed by atoms with Crippen LogP contribution in [0, 0.1) is 5.41 Å². The molecule has 5 N–H and O–H groups in total. The lowest BCUT2D eigenvalue weighted by molar-refractivity contribution is -0.119. The van der Waals surface area contributed by atoms with Gasteiger partial charge in [-0.05, 0) is 11.4 Å². The summed E-state index contributed by atoms with van der Waals surface area (Å²) in [7, 11) is 0. The number of hydrogen-bond donors (Lipinski definition) is 4. The van der Waals surface area contributed by atoms with E-state index in [-0.39, 0.29) is 16.8 Å². The quantitative estimate of drug-likeness (QED) is 0.351. The molecule has 0 aliphatic rings. The summed E-state index contributed by atoms with van der Waals surface area (Å²) in [4.78, 5) is 23.0. The molecule has 1 rings (SSSR count). The van der Waals surface area contributed by atoms with Crippen LogP contribution in [0.1, 0.15) is 9.67 Å². The molecule has 0 fully saturated rings. The number of amides is 2. The predicted molar refractivity (Wildman–Crippen MR) is 64.3 cm³/mol. The molecule has 0 aliphatic heterocycles. The topological polar surface area (TPSA) is 108 Å². The molecule has 0 bridgehead atoms. The molecule has 0 atom stereocenters. The van der Waals surface area contributed by atoms with E-state index < -0.39 is 5.91 Å². The van der Waals surface area contributed by atoms with Crippen molar-refractivity contribution in [1.29, 1.82) is 5.41 Å². The molecule has 1 aromatic heterocycles. The fraction of sp³-hybridized carbons (Fsp3) is 0.125. The highest BCUT2D eigenvalue weighted by Crippen LogP contribution is 2.07. The summed E-state index contributed by atoms with van der Waals surface area (Å²) < 4.78 is 0. The SMILES string of the molecule is N=C(N)SCC(=O)NNC(=O)c1cccs1. The van der Waals surface area contributed by atoms with Crippen molar-refractivity contribution in [1.82, 2.24) is 10.9 Å². The van der Waals surface area contributed by atoms with Crippen LogP contribution in [0.2, 0.25) is 0 Å². The van der Waals surface area contributed by atoms with Crippen LogP contribution in [-0.4, -0.2) is 22.7 Å². The monoisotopic (exact) mass is 258 g/mol. The number of nitrogens with one attached hydrogen (secondary N) is 3. The van der Waals surface area contributed by atoms with Gasteiger partial charge >= 0.3 is 0 Å². The molecule has 6 nitrogen and oxygen atoms in total. The first kappa shape index (κ1) is 12.5. The van der Waals surface area contributed by atoms with Crippen LogP contribution in [-0.2, 0) is 4.79 Å². The smallest absolute Gasteiger partial charge is 0.279 e. The number of thioether (sulfide) groups is 1. The number of carbonyl (C=O) groups is 2. The highest BCUT2D eigenvalue weighted by Gasteiger charge is 2.08. The largest absolute Gasteiger partial charge is 0.379 e. The third-order valence-electron chi connectivity index (χ3n) is 1.42. The van der Waals surface area contributed by atoms with Gasteiger partial charge in [-0.25, -0.2) is 0 Å². The van der Waals surface area contributed by atoms with Gasteiger partial charge in [0.2, 0.25) is 5.91 Å². The molecule has 2 amide bonds. The van der Waals surface area contributed by atoms with E-state index in [1.807, 2.05) is 0 Å². The number of hydrogen-bond acceptors (Lipinski definition) is 5. The predicted octanol–water partition coefficient (Wildman–Crippen LogP) is 0.136. The van der Waals surface area contributed by atoms with E-state index in [2.05, 4.69) is 10.9 Å². The minimum absolute atomic E-state index is 0.0000534. The Balaban J connectivity index is 2.27. The van der Waals surface area contributed by atoms with Gasteiger partial charge in [0, 0.05) is 0 Å². The highest BCUT2D eigenvalue weighted by molar-refractivity contribution is 8.14. The average Bonchev–Trinajstić information content (AvgIpc) is 2.76. The number of carbonyl (C=O) groups excluding carboxylic acids is 2. The first-order valence-electron chi connectivity index (χ1n) is 4.19. The Morgan fingerprint density at radius 3 is 2.81 bits per heavy atom. The van der Waals surface area contributed by atoms with Crippen molar-refractivity contribution in [3.63, 3.8) is 0 Å². The van der Waals surface area contributed by atoms with Crippen molar-refractivity contribution in [2.24, 2.45) is 5.73 Å². The summed E-state index contributed by atoms with van der Waals surface area (Å²) in [6.45, 7) is 0. The molecule has 16 heavy (non-hydrogen) atoms. The van der Waals surface area contributed by atoms with Gasteiger partial charge in [0.25, 0.3) is 5.91 Å². The average molecular weight is 258 g/mol. The first-order valence-corrected chi connectivity index (χ1v) is 6.05. The van der Waals surface area contributed by atoms with Crippen molar-refractivity contribution in [2.45, 2.75) is 0 Å². The Hall–Kier alpha value is -1.54. The third-order valence-corrected chi connectivity index (χ3v) is 3.01. The van der Waals surface area contributed by atoms with E-state index >= 15 is 0 Å². The van der Waals surface area contributed by atoms with Crippen molar-refractivity contribution in [2.75, 3.05) is 5.75 Å². The molecule has 0 aliphatic carbocycles. The summed E-state index contributed by atoms with van der Waals surface area (Å²) >= 11 is 2.17. The van der Waals surface area contributed by atoms with Crippen LogP contribution in [0.15, 0.2) is 17.5 Å². The van der Waals surface area contributed by atoms with E-state index in [1.165, 1.54) is 11.3 Å². The van der Waals surface area contributed by atoms with Gasteiger partial charge in [0.15, 0.2) is 5.17 Å². The zero-order valence-corrected chi connectivity index (χ0v) is 9.78. The van der Waals surface area contributed by atoms with Crippen LogP contribution >= 0.6 is 23.1 Å². The zero-order valence-electron chi connectivity index (χ0n) is 8.15. The van der Waals surface area contributed by atoms with E-state index in [0.29, 0.717) is 4.88 Å². The Bertz CT molecular complexity index is 391. The fourth-order valence-corrected chi connectivity index (χ4v) is 1.75. The van der Waals surface area contributed by atoms with Gasteiger partial charge in [-0.1, -0.05) is 17.8 Å². The van der Waals surface area contributed by atoms with E-state index in [0.717, 1.165) is 11.8 Å². The summed E-state index contributed by atoms with van der Waals surface area (Å²) in [5.41, 5.74) is 9.53. The second-order valence-electron chi connectivity index (χ2n) is 2.63. The van der Waals surface area contributed by atoms with Crippen molar-refractivity contribution < 1.29 is 9.59 Å². The van der Waals surface area contributed by atoms with Crippen LogP contribution < -0.4 is 16.6 Å². The molecular formula is C8H10N4O2S2. The zero-order chi connectivity index (χ0) is 12.0. The summed E-state index contributed by atoms with van der Waals surface area (Å²) in [6.07, 6.45) is 0. The lowest BCUT2D eigenvalue weighted by atomic mass is 10.4. The van der Waals surface area contributed by atoms with E-state index in [4.69, 9.17) is 11.1 Å². The van der Waals surface area contributed by atoms with Crippen LogP contribution in [0.5, 0.6) is 0 Å². The molecule has 86 valence electrons. The molecule has 0 saturated carbocycles. The highest BCUT2D eigenvalue weighted by atomic mass is 32.2. The van der Waals surface area contributed by atoms with Crippen molar-refractivity contribution >= 4 is 40.1 Å². The number of nitrogens with two attached hydrogens (primary N) is 1. The van der Waals surface area contributed by atoms with Crippen LogP contribution in [0.25, 0.3) is 0 Å². The van der Waals surface area contributed by atoms with Gasteiger partial charge in [-0.15, -0.1) is 11.3 Å². The number of hydrazine groups is 1. The van der Waals surface area contributed by atoms with Gasteiger partial charge in [-0.3, -0.25) is 25.8 Å². The fourth-order valence-electron chi connectivity index (χ4n) is 0.775. The third kappa shape index (κ3) is 4.32. The maximum Gasteiger partial charge on any atom is 0.279 e. The first-order chi connectivity index (χ1) is 7.59. The van der Waals surface area contributed by atoms with Crippen LogP contribution in [0.3, 0.4) is 0 Å². The van der Waals surface area contributed by atoms with Gasteiger partial charge in [0.1, 0.15) is 0 Å². The Kier molecular flexibility index (Phi) is 4.80. The standard InChI is InChI=1S/C8H10N4O2S2/c9-8(10)16-4-6(13)11-12-7(14)5-2-1-3-15-5/h1-3H,4H2,(H3,9,10)(H,11,13)(H,12,14). The molecule has 8 heteroatoms. The van der Waals surface area contributed by atoms with Crippen LogP contribution in [0.4, 0.5) is 0 Å². The summed E-state index contributed by atoms with van der Waals surface area (Å²) in [5, 5.41) is 8.52. The van der Waals surface area contributed by atoms with Gasteiger partial charge < -0.3 is 5.73 Å². The normalized spacial score (nSPS) is 9.50. The van der Waals surface area contributed by atoms with Gasteiger partial charge in [-0.2, -0.15) is 0 Å². The minimum Gasteiger partial charge on any atom is -0.379 e. The summed E-state index contributed by atoms with van der Waals surface area (Å²) in [5.74, 6) is -0.777. The number of thiophene rings is 1. The summed E-state index contributed by atoms with van der Waals surface area (Å²) in [6, 6.07) is 3.39. The molecular weight excluding hydrogens is 248 g/mol. The Labute approximate surface area is 100 Å². The molecule has 1 heterocycles. The molecule has 0 radical (unpaired) electrons. The Morgan fingerprint density at radius 1 is 1.50 bits per heavy atom. The maximum atomic E-state index is 11.4. The van der Waals surface area contributed by atoms with Crippen molar-refractivity contribution in [3.8, 4) is 0 Å². The van der Waals surface area contributed by atoms with E-state index in [9.17, 15) is 9.59 Å². The maximum absolute atomic E-state index is 11.4. The second kappa shape index (κ2) is 6.13. The minimum atomic E-state index is -0.412.